The van der Waals surface area contributed by atoms with Crippen LogP contribution in [0.3, 0.4) is 0 Å². The Morgan fingerprint density at radius 1 is 1.08 bits per heavy atom. The zero-order chi connectivity index (χ0) is 16.6. The van der Waals surface area contributed by atoms with E-state index in [1.807, 2.05) is 0 Å². The van der Waals surface area contributed by atoms with Gasteiger partial charge in [0.15, 0.2) is 0 Å². The van der Waals surface area contributed by atoms with Crippen molar-refractivity contribution in [3.8, 4) is 0 Å². The molecule has 3 aromatic rings. The average molecular weight is 442 g/mol. The van der Waals surface area contributed by atoms with E-state index in [0.29, 0.717) is 0 Å². The van der Waals surface area contributed by atoms with Crippen LogP contribution in [0, 0.1) is 6.92 Å². The van der Waals surface area contributed by atoms with Crippen LogP contribution in [0.1, 0.15) is 22.4 Å². The lowest BCUT2D eigenvalue weighted by atomic mass is 9.89. The highest BCUT2D eigenvalue weighted by molar-refractivity contribution is 9.10. The third-order valence-corrected chi connectivity index (χ3v) is 6.02. The zero-order valence-corrected chi connectivity index (χ0v) is 16.5. The molecule has 0 atom stereocenters. The van der Waals surface area contributed by atoms with E-state index >= 15 is 0 Å². The van der Waals surface area contributed by atoms with E-state index in [1.165, 1.54) is 44.6 Å². The third kappa shape index (κ3) is 1.90. The van der Waals surface area contributed by atoms with E-state index < -0.39 is 0 Å². The van der Waals surface area contributed by atoms with E-state index in [0.717, 1.165) is 21.1 Å². The molecule has 2 aliphatic rings. The summed E-state index contributed by atoms with van der Waals surface area (Å²) in [6.07, 6.45) is 3.22. The number of rotatable bonds is 0. The highest BCUT2D eigenvalue weighted by Gasteiger charge is 2.29. The Hall–Kier alpha value is -1.65. The molecular formula is C20H14Br2N2. The number of allylic oxidation sites excluding steroid dienone is 1. The Morgan fingerprint density at radius 3 is 2.75 bits per heavy atom. The molecule has 24 heavy (non-hydrogen) atoms. The molecule has 2 nitrogen and oxygen atoms in total. The van der Waals surface area contributed by atoms with Crippen molar-refractivity contribution in [2.24, 2.45) is 12.0 Å². The monoisotopic (exact) mass is 440 g/mol. The first-order chi connectivity index (χ1) is 11.5. The summed E-state index contributed by atoms with van der Waals surface area (Å²) in [7, 11) is 2.15. The topological polar surface area (TPSA) is 17.3 Å². The first kappa shape index (κ1) is 14.7. The minimum atomic E-state index is 0.885. The predicted molar refractivity (Wildman–Crippen MR) is 108 cm³/mol. The fourth-order valence-electron chi connectivity index (χ4n) is 3.97. The second-order valence-electron chi connectivity index (χ2n) is 6.49. The molecule has 0 amide bonds. The highest BCUT2D eigenvalue weighted by atomic mass is 79.9. The quantitative estimate of drug-likeness (QED) is 0.395. The van der Waals surface area contributed by atoms with Crippen LogP contribution in [-0.2, 0) is 13.5 Å². The van der Waals surface area contributed by atoms with Gasteiger partial charge in [0.2, 0.25) is 0 Å². The molecule has 5 rings (SSSR count). The summed E-state index contributed by atoms with van der Waals surface area (Å²) in [6.45, 7) is 2.17. The number of aromatic nitrogens is 1. The van der Waals surface area contributed by atoms with Crippen LogP contribution in [0.2, 0.25) is 0 Å². The van der Waals surface area contributed by atoms with Crippen LogP contribution in [-0.4, -0.2) is 10.3 Å². The molecule has 0 unspecified atom stereocenters. The molecule has 118 valence electrons. The lowest BCUT2D eigenvalue weighted by Crippen LogP contribution is -2.11. The molecule has 0 saturated heterocycles. The summed E-state index contributed by atoms with van der Waals surface area (Å²) >= 11 is 7.18. The Kier molecular flexibility index (Phi) is 3.01. The standard InChI is InChI=1S/C20H14Br2N2/c1-10-5-12(22)6-17-20(10)15-8-14-13-4-3-11(21)7-18(13)24(2)19(14)9-16(15)23-17/h3-8H,9H2,1-2H3. The molecule has 0 spiro atoms. The molecule has 1 aromatic heterocycles. The van der Waals surface area contributed by atoms with Gasteiger partial charge >= 0.3 is 0 Å². The fraction of sp³-hybridized carbons (Fsp3) is 0.150. The first-order valence-corrected chi connectivity index (χ1v) is 9.48. The van der Waals surface area contributed by atoms with Crippen LogP contribution < -0.4 is 0 Å². The van der Waals surface area contributed by atoms with E-state index in [9.17, 15) is 0 Å². The van der Waals surface area contributed by atoms with Crippen molar-refractivity contribution in [2.45, 2.75) is 13.3 Å². The molecule has 4 heteroatoms. The lowest BCUT2D eigenvalue weighted by Gasteiger charge is -2.15. The number of aliphatic imine (C=N–C) groups is 1. The number of hydrogen-bond acceptors (Lipinski definition) is 1. The van der Waals surface area contributed by atoms with E-state index in [-0.39, 0.29) is 0 Å². The third-order valence-electron chi connectivity index (χ3n) is 5.07. The summed E-state index contributed by atoms with van der Waals surface area (Å²) in [5.41, 5.74) is 10.1. The van der Waals surface area contributed by atoms with E-state index in [4.69, 9.17) is 4.99 Å². The van der Waals surface area contributed by atoms with Crippen LogP contribution in [0.15, 0.2) is 44.3 Å². The summed E-state index contributed by atoms with van der Waals surface area (Å²) in [5.74, 6) is 0. The smallest absolute Gasteiger partial charge is 0.0726 e. The number of aryl methyl sites for hydroxylation is 2. The second kappa shape index (κ2) is 4.93. The molecule has 1 aliphatic carbocycles. The van der Waals surface area contributed by atoms with Gasteiger partial charge in [-0.1, -0.05) is 37.9 Å². The zero-order valence-electron chi connectivity index (χ0n) is 13.3. The Labute approximate surface area is 157 Å². The van der Waals surface area contributed by atoms with Crippen LogP contribution in [0.25, 0.3) is 22.6 Å². The van der Waals surface area contributed by atoms with Crippen molar-refractivity contribution in [1.82, 2.24) is 4.57 Å². The maximum Gasteiger partial charge on any atom is 0.0726 e. The van der Waals surface area contributed by atoms with Gasteiger partial charge in [-0.15, -0.1) is 0 Å². The number of nitrogens with zero attached hydrogens (tertiary/aromatic N) is 2. The maximum absolute atomic E-state index is 4.92. The SMILES string of the molecule is Cc1cc(Br)cc2c1C1=Cc3c(n(C)c4cc(Br)ccc34)CC1=N2. The van der Waals surface area contributed by atoms with Crippen molar-refractivity contribution in [3.05, 3.63) is 61.7 Å². The minimum absolute atomic E-state index is 0.885. The van der Waals surface area contributed by atoms with Crippen LogP contribution in [0.5, 0.6) is 0 Å². The summed E-state index contributed by atoms with van der Waals surface area (Å²) in [6, 6.07) is 10.8. The first-order valence-electron chi connectivity index (χ1n) is 7.90. The van der Waals surface area contributed by atoms with Crippen LogP contribution in [0.4, 0.5) is 5.69 Å². The van der Waals surface area contributed by atoms with Gasteiger partial charge in [0.1, 0.15) is 0 Å². The lowest BCUT2D eigenvalue weighted by molar-refractivity contribution is 0.896. The molecule has 0 fully saturated rings. The Morgan fingerprint density at radius 2 is 1.92 bits per heavy atom. The van der Waals surface area contributed by atoms with Crippen molar-refractivity contribution in [2.75, 3.05) is 0 Å². The van der Waals surface area contributed by atoms with Crippen molar-refractivity contribution in [1.29, 1.82) is 0 Å². The van der Waals surface area contributed by atoms with E-state index in [2.05, 4.69) is 86.8 Å². The second-order valence-corrected chi connectivity index (χ2v) is 8.32. The molecular weight excluding hydrogens is 428 g/mol. The van der Waals surface area contributed by atoms with Gasteiger partial charge in [-0.3, -0.25) is 4.99 Å². The largest absolute Gasteiger partial charge is 0.347 e. The molecule has 2 heterocycles. The predicted octanol–water partition coefficient (Wildman–Crippen LogP) is 6.19. The van der Waals surface area contributed by atoms with Crippen molar-refractivity contribution >= 4 is 65.8 Å². The molecule has 0 N–H and O–H groups in total. The summed E-state index contributed by atoms with van der Waals surface area (Å²) in [4.78, 5) is 4.92. The number of fused-ring (bicyclic) bond motifs is 6. The average Bonchev–Trinajstić information content (AvgIpc) is 3.01. The molecule has 0 saturated carbocycles. The Balaban J connectivity index is 1.82. The summed E-state index contributed by atoms with van der Waals surface area (Å²) in [5, 5.41) is 1.31. The highest BCUT2D eigenvalue weighted by Crippen LogP contribution is 2.45. The van der Waals surface area contributed by atoms with Gasteiger partial charge in [0, 0.05) is 55.7 Å². The molecule has 1 aliphatic heterocycles. The fourth-order valence-corrected chi connectivity index (χ4v) is 4.88. The normalized spacial score (nSPS) is 15.0. The molecule has 0 radical (unpaired) electrons. The number of benzene rings is 2. The number of halogens is 2. The molecule has 2 aromatic carbocycles. The van der Waals surface area contributed by atoms with Gasteiger partial charge in [0.05, 0.1) is 11.4 Å². The summed E-state index contributed by atoms with van der Waals surface area (Å²) < 4.78 is 4.51. The van der Waals surface area contributed by atoms with Gasteiger partial charge in [0.25, 0.3) is 0 Å². The van der Waals surface area contributed by atoms with Gasteiger partial charge in [-0.25, -0.2) is 0 Å². The van der Waals surface area contributed by atoms with Crippen molar-refractivity contribution in [3.63, 3.8) is 0 Å². The van der Waals surface area contributed by atoms with Gasteiger partial charge < -0.3 is 4.57 Å². The number of hydrogen-bond donors (Lipinski definition) is 0. The van der Waals surface area contributed by atoms with Gasteiger partial charge in [-0.2, -0.15) is 0 Å². The van der Waals surface area contributed by atoms with E-state index in [1.54, 1.807) is 0 Å². The van der Waals surface area contributed by atoms with Crippen molar-refractivity contribution < 1.29 is 0 Å². The maximum atomic E-state index is 4.92. The Bertz CT molecular complexity index is 1120. The van der Waals surface area contributed by atoms with Crippen LogP contribution >= 0.6 is 31.9 Å². The minimum Gasteiger partial charge on any atom is -0.347 e. The van der Waals surface area contributed by atoms with Gasteiger partial charge in [-0.05, 0) is 42.8 Å². The molecule has 0 bridgehead atoms.